The van der Waals surface area contributed by atoms with Crippen molar-refractivity contribution in [2.45, 2.75) is 57.3 Å². The molecule has 0 bridgehead atoms. The Morgan fingerprint density at radius 3 is 2.88 bits per heavy atom. The summed E-state index contributed by atoms with van der Waals surface area (Å²) in [5.41, 5.74) is 2.46. The lowest BCUT2D eigenvalue weighted by Gasteiger charge is -2.39. The first-order valence-electron chi connectivity index (χ1n) is 8.98. The minimum absolute atomic E-state index is 0.124. The maximum Gasteiger partial charge on any atom is 0.296 e. The van der Waals surface area contributed by atoms with Gasteiger partial charge < -0.3 is 14.4 Å². The zero-order valence-electron chi connectivity index (χ0n) is 14.2. The molecule has 0 unspecified atom stereocenters. The van der Waals surface area contributed by atoms with E-state index in [0.717, 1.165) is 45.2 Å². The number of aliphatic imine (C=N–C) groups is 1. The van der Waals surface area contributed by atoms with E-state index in [9.17, 15) is 4.79 Å². The average molecular weight is 328 g/mol. The van der Waals surface area contributed by atoms with Crippen molar-refractivity contribution in [1.29, 1.82) is 0 Å². The molecule has 1 aromatic rings. The summed E-state index contributed by atoms with van der Waals surface area (Å²) in [5, 5.41) is 0. The number of carbonyl (C=O) groups excluding carboxylic acids is 1. The van der Waals surface area contributed by atoms with Gasteiger partial charge in [0, 0.05) is 13.1 Å². The van der Waals surface area contributed by atoms with Crippen LogP contribution in [0.15, 0.2) is 29.3 Å². The number of hydrogen-bond donors (Lipinski definition) is 0. The van der Waals surface area contributed by atoms with E-state index in [2.05, 4.69) is 41.1 Å². The maximum absolute atomic E-state index is 12.0. The van der Waals surface area contributed by atoms with Gasteiger partial charge in [0.1, 0.15) is 0 Å². The molecule has 0 N–H and O–H groups in total. The minimum atomic E-state index is -0.376. The molecule has 1 aromatic carbocycles. The number of ether oxygens (including phenoxy) is 2. The average Bonchev–Trinajstić information content (AvgIpc) is 3.16. The Morgan fingerprint density at radius 2 is 2.08 bits per heavy atom. The maximum atomic E-state index is 12.0. The number of amidine groups is 1. The van der Waals surface area contributed by atoms with Crippen LogP contribution < -0.4 is 0 Å². The van der Waals surface area contributed by atoms with Crippen LogP contribution in [0, 0.1) is 0 Å². The first-order chi connectivity index (χ1) is 11.7. The number of unbranched alkanes of at least 4 members (excludes halogenated alkanes) is 1. The molecule has 0 radical (unpaired) electrons. The number of hydrogen-bond acceptors (Lipinski definition) is 4. The second-order valence-corrected chi connectivity index (χ2v) is 6.91. The minimum Gasteiger partial charge on any atom is -0.451 e. The van der Waals surface area contributed by atoms with Crippen LogP contribution >= 0.6 is 0 Å². The quantitative estimate of drug-likeness (QED) is 0.856. The molecule has 5 nitrogen and oxygen atoms in total. The molecule has 5 heteroatoms. The largest absolute Gasteiger partial charge is 0.451 e. The topological polar surface area (TPSA) is 51.1 Å². The van der Waals surface area contributed by atoms with Gasteiger partial charge >= 0.3 is 0 Å². The number of likely N-dealkylation sites (tertiary alicyclic amines) is 1. The van der Waals surface area contributed by atoms with Crippen molar-refractivity contribution >= 4 is 11.9 Å². The van der Waals surface area contributed by atoms with Crippen LogP contribution in [0.25, 0.3) is 0 Å². The normalized spacial score (nSPS) is 24.9. The monoisotopic (exact) mass is 328 g/mol. The van der Waals surface area contributed by atoms with Gasteiger partial charge in [-0.05, 0) is 36.8 Å². The first-order valence-corrected chi connectivity index (χ1v) is 8.98. The third-order valence-electron chi connectivity index (χ3n) is 5.40. The Bertz CT molecular complexity index is 662. The molecule has 4 rings (SSSR count). The van der Waals surface area contributed by atoms with E-state index < -0.39 is 0 Å². The van der Waals surface area contributed by atoms with Gasteiger partial charge in [0.15, 0.2) is 6.10 Å². The van der Waals surface area contributed by atoms with E-state index in [1.165, 1.54) is 11.1 Å². The zero-order chi connectivity index (χ0) is 16.6. The number of carbonyl (C=O) groups is 1. The van der Waals surface area contributed by atoms with Gasteiger partial charge in [0.25, 0.3) is 11.9 Å². The molecule has 1 spiro atoms. The molecule has 1 saturated heterocycles. The van der Waals surface area contributed by atoms with Crippen molar-refractivity contribution in [3.8, 4) is 0 Å². The predicted molar refractivity (Wildman–Crippen MR) is 90.6 cm³/mol. The van der Waals surface area contributed by atoms with Gasteiger partial charge in [-0.3, -0.25) is 4.79 Å². The van der Waals surface area contributed by atoms with Crippen LogP contribution in [0.3, 0.4) is 0 Å². The highest BCUT2D eigenvalue weighted by atomic mass is 16.5. The lowest BCUT2D eigenvalue weighted by Crippen LogP contribution is -2.45. The Labute approximate surface area is 142 Å². The van der Waals surface area contributed by atoms with Crippen LogP contribution in [-0.2, 0) is 26.5 Å². The Morgan fingerprint density at radius 1 is 1.29 bits per heavy atom. The van der Waals surface area contributed by atoms with Crippen LogP contribution in [0.5, 0.6) is 0 Å². The van der Waals surface area contributed by atoms with Gasteiger partial charge in [0.05, 0.1) is 12.2 Å². The Balaban J connectivity index is 1.41. The van der Waals surface area contributed by atoms with E-state index in [4.69, 9.17) is 9.47 Å². The number of piperidine rings is 1. The summed E-state index contributed by atoms with van der Waals surface area (Å²) in [7, 11) is 0. The predicted octanol–water partition coefficient (Wildman–Crippen LogP) is 2.98. The molecule has 0 aliphatic carbocycles. The fourth-order valence-corrected chi connectivity index (χ4v) is 3.94. The van der Waals surface area contributed by atoms with Gasteiger partial charge in [0.2, 0.25) is 0 Å². The van der Waals surface area contributed by atoms with Crippen molar-refractivity contribution in [3.05, 3.63) is 35.4 Å². The third-order valence-corrected chi connectivity index (χ3v) is 5.40. The molecule has 1 amide bonds. The van der Waals surface area contributed by atoms with Crippen LogP contribution in [-0.4, -0.2) is 36.0 Å². The zero-order valence-corrected chi connectivity index (χ0v) is 14.2. The molecule has 24 heavy (non-hydrogen) atoms. The van der Waals surface area contributed by atoms with E-state index in [1.54, 1.807) is 0 Å². The van der Waals surface area contributed by atoms with E-state index in [-0.39, 0.29) is 17.6 Å². The summed E-state index contributed by atoms with van der Waals surface area (Å²) in [5.74, 6) is -0.124. The molecule has 0 saturated carbocycles. The highest BCUT2D eigenvalue weighted by Crippen LogP contribution is 2.44. The highest BCUT2D eigenvalue weighted by Gasteiger charge is 2.44. The highest BCUT2D eigenvalue weighted by molar-refractivity contribution is 5.98. The molecular formula is C19H24N2O3. The molecule has 3 aliphatic rings. The summed E-state index contributed by atoms with van der Waals surface area (Å²) in [6, 6.07) is 9.01. The summed E-state index contributed by atoms with van der Waals surface area (Å²) < 4.78 is 12.0. The number of amides is 1. The molecule has 3 aliphatic heterocycles. The first kappa shape index (κ1) is 15.6. The molecular weight excluding hydrogens is 304 g/mol. The summed E-state index contributed by atoms with van der Waals surface area (Å²) in [4.78, 5) is 18.2. The fourth-order valence-electron chi connectivity index (χ4n) is 3.94. The van der Waals surface area contributed by atoms with Crippen molar-refractivity contribution in [2.24, 2.45) is 4.99 Å². The number of nitrogens with zero attached hydrogens (tertiary/aromatic N) is 2. The molecule has 1 fully saturated rings. The lowest BCUT2D eigenvalue weighted by molar-refractivity contribution is -0.123. The van der Waals surface area contributed by atoms with Crippen molar-refractivity contribution in [1.82, 2.24) is 4.90 Å². The third kappa shape index (κ3) is 2.61. The Kier molecular flexibility index (Phi) is 4.04. The van der Waals surface area contributed by atoms with Gasteiger partial charge in [-0.15, -0.1) is 0 Å². The van der Waals surface area contributed by atoms with Crippen LogP contribution in [0.2, 0.25) is 0 Å². The number of rotatable bonds is 3. The van der Waals surface area contributed by atoms with E-state index in [1.807, 2.05) is 0 Å². The second-order valence-electron chi connectivity index (χ2n) is 6.91. The summed E-state index contributed by atoms with van der Waals surface area (Å²) >= 11 is 0. The molecule has 0 aromatic heterocycles. The standard InChI is InChI=1S/C19H24N2O3/c1-2-3-8-16-17(22)20-18(24-16)21-11-9-19(10-12-21)15-7-5-4-6-14(15)13-23-19/h4-7,16H,2-3,8-13H2,1H3/t16-/m1/s1. The van der Waals surface area contributed by atoms with E-state index in [0.29, 0.717) is 12.6 Å². The fraction of sp³-hybridized carbons (Fsp3) is 0.579. The number of fused-ring (bicyclic) bond motifs is 2. The molecule has 128 valence electrons. The summed E-state index contributed by atoms with van der Waals surface area (Å²) in [6.45, 7) is 4.43. The van der Waals surface area contributed by atoms with Crippen molar-refractivity contribution < 1.29 is 14.3 Å². The van der Waals surface area contributed by atoms with E-state index >= 15 is 0 Å². The smallest absolute Gasteiger partial charge is 0.296 e. The van der Waals surface area contributed by atoms with Crippen LogP contribution in [0.4, 0.5) is 0 Å². The van der Waals surface area contributed by atoms with Gasteiger partial charge in [-0.2, -0.15) is 4.99 Å². The van der Waals surface area contributed by atoms with Gasteiger partial charge in [-0.1, -0.05) is 37.6 Å². The SMILES string of the molecule is CCCC[C@H]1OC(N2CCC3(CC2)OCc2ccccc23)=NC1=O. The van der Waals surface area contributed by atoms with Gasteiger partial charge in [-0.25, -0.2) is 0 Å². The van der Waals surface area contributed by atoms with Crippen molar-refractivity contribution in [2.75, 3.05) is 13.1 Å². The molecule has 1 atom stereocenters. The Hall–Kier alpha value is -1.88. The number of benzene rings is 1. The van der Waals surface area contributed by atoms with Crippen LogP contribution in [0.1, 0.15) is 50.2 Å². The summed E-state index contributed by atoms with van der Waals surface area (Å²) in [6.07, 6.45) is 4.24. The molecule has 3 heterocycles. The second kappa shape index (κ2) is 6.20. The van der Waals surface area contributed by atoms with Crippen molar-refractivity contribution in [3.63, 3.8) is 0 Å². The lowest BCUT2D eigenvalue weighted by atomic mass is 9.84.